The second kappa shape index (κ2) is 9.21. The molecule has 0 aliphatic heterocycles. The van der Waals surface area contributed by atoms with Crippen LogP contribution in [-0.2, 0) is 0 Å². The van der Waals surface area contributed by atoms with Gasteiger partial charge in [0.1, 0.15) is 5.75 Å². The molecule has 6 nitrogen and oxygen atoms in total. The van der Waals surface area contributed by atoms with E-state index in [2.05, 4.69) is 45.3 Å². The van der Waals surface area contributed by atoms with Gasteiger partial charge in [0.2, 0.25) is 0 Å². The maximum atomic E-state index is 12.4. The number of aromatic hydroxyl groups is 1. The summed E-state index contributed by atoms with van der Waals surface area (Å²) < 4.78 is 0.798. The van der Waals surface area contributed by atoms with Crippen molar-refractivity contribution in [3.05, 3.63) is 58.1 Å². The molecule has 0 saturated heterocycles. The van der Waals surface area contributed by atoms with Crippen molar-refractivity contribution in [3.63, 3.8) is 0 Å². The van der Waals surface area contributed by atoms with Crippen LogP contribution in [0.1, 0.15) is 34.6 Å². The Bertz CT molecular complexity index is 866. The maximum absolute atomic E-state index is 12.4. The molecular formula is C21H26BrN3O3. The Morgan fingerprint density at radius 3 is 2.43 bits per heavy atom. The second-order valence-electron chi connectivity index (χ2n) is 7.78. The third kappa shape index (κ3) is 6.35. The fraction of sp³-hybridized carbons (Fsp3) is 0.333. The number of hydrogen-bond acceptors (Lipinski definition) is 4. The summed E-state index contributed by atoms with van der Waals surface area (Å²) in [6.07, 6.45) is 0. The molecule has 0 spiro atoms. The monoisotopic (exact) mass is 447 g/mol. The first kappa shape index (κ1) is 21.9. The second-order valence-corrected chi connectivity index (χ2v) is 8.70. The molecule has 150 valence electrons. The highest BCUT2D eigenvalue weighted by Gasteiger charge is 2.21. The number of carbonyl (C=O) groups is 2. The third-order valence-electron chi connectivity index (χ3n) is 4.06. The van der Waals surface area contributed by atoms with Crippen LogP contribution >= 0.6 is 15.9 Å². The SMILES string of the molecule is CN(C)CC(C)(C)CNC(=O)c1ccc(NC(=O)c2cccc(Br)c2)cc1O. The van der Waals surface area contributed by atoms with Gasteiger partial charge in [0.05, 0.1) is 5.56 Å². The fourth-order valence-electron chi connectivity index (χ4n) is 2.96. The zero-order chi connectivity index (χ0) is 20.9. The Kier molecular flexibility index (Phi) is 7.21. The van der Waals surface area contributed by atoms with Crippen LogP contribution in [0.25, 0.3) is 0 Å². The summed E-state index contributed by atoms with van der Waals surface area (Å²) in [5.41, 5.74) is 0.957. The molecule has 0 radical (unpaired) electrons. The molecule has 2 rings (SSSR count). The molecule has 2 aromatic carbocycles. The van der Waals surface area contributed by atoms with E-state index in [-0.39, 0.29) is 28.5 Å². The Morgan fingerprint density at radius 2 is 1.82 bits per heavy atom. The molecule has 0 unspecified atom stereocenters. The van der Waals surface area contributed by atoms with E-state index in [0.29, 0.717) is 17.8 Å². The van der Waals surface area contributed by atoms with Crippen LogP contribution in [0.4, 0.5) is 5.69 Å². The predicted molar refractivity (Wildman–Crippen MR) is 115 cm³/mol. The van der Waals surface area contributed by atoms with Crippen LogP contribution in [0.3, 0.4) is 0 Å². The van der Waals surface area contributed by atoms with E-state index in [0.717, 1.165) is 11.0 Å². The van der Waals surface area contributed by atoms with E-state index in [1.807, 2.05) is 20.2 Å². The fourth-order valence-corrected chi connectivity index (χ4v) is 3.36. The number of rotatable bonds is 7. The minimum absolute atomic E-state index is 0.105. The average Bonchev–Trinajstić information content (AvgIpc) is 2.59. The van der Waals surface area contributed by atoms with E-state index in [9.17, 15) is 14.7 Å². The van der Waals surface area contributed by atoms with E-state index in [4.69, 9.17) is 0 Å². The van der Waals surface area contributed by atoms with Crippen molar-refractivity contribution in [3.8, 4) is 5.75 Å². The molecule has 0 bridgehead atoms. The van der Waals surface area contributed by atoms with Crippen LogP contribution in [0.15, 0.2) is 46.9 Å². The number of amides is 2. The van der Waals surface area contributed by atoms with Crippen molar-refractivity contribution >= 4 is 33.4 Å². The summed E-state index contributed by atoms with van der Waals surface area (Å²) in [7, 11) is 3.97. The molecule has 0 heterocycles. The Balaban J connectivity index is 2.03. The van der Waals surface area contributed by atoms with Gasteiger partial charge in [0.15, 0.2) is 0 Å². The summed E-state index contributed by atoms with van der Waals surface area (Å²) >= 11 is 3.33. The van der Waals surface area contributed by atoms with Crippen molar-refractivity contribution < 1.29 is 14.7 Å². The number of phenolic OH excluding ortho intramolecular Hbond substituents is 1. The lowest BCUT2D eigenvalue weighted by atomic mass is 9.93. The molecule has 2 aromatic rings. The van der Waals surface area contributed by atoms with Gasteiger partial charge in [-0.2, -0.15) is 0 Å². The molecule has 2 amide bonds. The van der Waals surface area contributed by atoms with Crippen LogP contribution in [-0.4, -0.2) is 49.0 Å². The molecular weight excluding hydrogens is 422 g/mol. The van der Waals surface area contributed by atoms with Crippen molar-refractivity contribution in [1.82, 2.24) is 10.2 Å². The highest BCUT2D eigenvalue weighted by atomic mass is 79.9. The van der Waals surface area contributed by atoms with E-state index >= 15 is 0 Å². The number of halogens is 1. The average molecular weight is 448 g/mol. The van der Waals surface area contributed by atoms with Crippen molar-refractivity contribution in [2.45, 2.75) is 13.8 Å². The van der Waals surface area contributed by atoms with E-state index in [1.165, 1.54) is 12.1 Å². The number of phenols is 1. The van der Waals surface area contributed by atoms with Crippen LogP contribution in [0.2, 0.25) is 0 Å². The lowest BCUT2D eigenvalue weighted by Gasteiger charge is -2.28. The zero-order valence-electron chi connectivity index (χ0n) is 16.5. The highest BCUT2D eigenvalue weighted by Crippen LogP contribution is 2.23. The van der Waals surface area contributed by atoms with Crippen molar-refractivity contribution in [1.29, 1.82) is 0 Å². The van der Waals surface area contributed by atoms with E-state index < -0.39 is 0 Å². The highest BCUT2D eigenvalue weighted by molar-refractivity contribution is 9.10. The summed E-state index contributed by atoms with van der Waals surface area (Å²) in [5, 5.41) is 15.8. The first-order chi connectivity index (χ1) is 13.1. The van der Waals surface area contributed by atoms with Gasteiger partial charge in [-0.05, 0) is 49.8 Å². The number of hydrogen-bond donors (Lipinski definition) is 3. The smallest absolute Gasteiger partial charge is 0.255 e. The van der Waals surface area contributed by atoms with Crippen molar-refractivity contribution in [2.24, 2.45) is 5.41 Å². The summed E-state index contributed by atoms with van der Waals surface area (Å²) in [6.45, 7) is 5.42. The standard InChI is InChI=1S/C21H26BrN3O3/c1-21(2,13-25(3)4)12-23-20(28)17-9-8-16(11-18(17)26)24-19(27)14-6-5-7-15(22)10-14/h5-11,26H,12-13H2,1-4H3,(H,23,28)(H,24,27). The summed E-state index contributed by atoms with van der Waals surface area (Å²) in [4.78, 5) is 26.8. The molecule has 0 atom stereocenters. The van der Waals surface area contributed by atoms with Gasteiger partial charge in [-0.3, -0.25) is 9.59 Å². The minimum atomic E-state index is -0.353. The van der Waals surface area contributed by atoms with Crippen LogP contribution in [0.5, 0.6) is 5.75 Å². The number of nitrogens with one attached hydrogen (secondary N) is 2. The lowest BCUT2D eigenvalue weighted by Crippen LogP contribution is -2.40. The molecule has 0 fully saturated rings. The number of anilines is 1. The first-order valence-electron chi connectivity index (χ1n) is 8.90. The summed E-state index contributed by atoms with van der Waals surface area (Å²) in [5.74, 6) is -0.840. The van der Waals surface area contributed by atoms with Gasteiger partial charge in [0, 0.05) is 34.9 Å². The molecule has 0 aliphatic rings. The molecule has 0 aliphatic carbocycles. The molecule has 0 saturated carbocycles. The van der Waals surface area contributed by atoms with E-state index in [1.54, 1.807) is 24.3 Å². The number of carbonyl (C=O) groups excluding carboxylic acids is 2. The maximum Gasteiger partial charge on any atom is 0.255 e. The van der Waals surface area contributed by atoms with Gasteiger partial charge in [-0.1, -0.05) is 35.8 Å². The minimum Gasteiger partial charge on any atom is -0.507 e. The third-order valence-corrected chi connectivity index (χ3v) is 4.55. The molecule has 3 N–H and O–H groups in total. The summed E-state index contributed by atoms with van der Waals surface area (Å²) in [6, 6.07) is 11.5. The lowest BCUT2D eigenvalue weighted by molar-refractivity contribution is 0.0926. The van der Waals surface area contributed by atoms with Gasteiger partial charge >= 0.3 is 0 Å². The number of nitrogens with zero attached hydrogens (tertiary/aromatic N) is 1. The van der Waals surface area contributed by atoms with Crippen molar-refractivity contribution in [2.75, 3.05) is 32.5 Å². The first-order valence-corrected chi connectivity index (χ1v) is 9.69. The quantitative estimate of drug-likeness (QED) is 0.603. The predicted octanol–water partition coefficient (Wildman–Crippen LogP) is 3.72. The van der Waals surface area contributed by atoms with Crippen LogP contribution in [0, 0.1) is 5.41 Å². The van der Waals surface area contributed by atoms with Crippen LogP contribution < -0.4 is 10.6 Å². The Morgan fingerprint density at radius 1 is 1.11 bits per heavy atom. The zero-order valence-corrected chi connectivity index (χ0v) is 18.1. The molecule has 28 heavy (non-hydrogen) atoms. The van der Waals surface area contributed by atoms with Gasteiger partial charge in [-0.25, -0.2) is 0 Å². The topological polar surface area (TPSA) is 81.7 Å². The normalized spacial score (nSPS) is 11.4. The van der Waals surface area contributed by atoms with Gasteiger partial charge < -0.3 is 20.6 Å². The largest absolute Gasteiger partial charge is 0.507 e. The molecule has 0 aromatic heterocycles. The Hall–Kier alpha value is -2.38. The molecule has 7 heteroatoms. The van der Waals surface area contributed by atoms with Gasteiger partial charge in [0.25, 0.3) is 11.8 Å². The Labute approximate surface area is 174 Å². The van der Waals surface area contributed by atoms with Gasteiger partial charge in [-0.15, -0.1) is 0 Å². The number of benzene rings is 2.